The van der Waals surface area contributed by atoms with Crippen LogP contribution in [0.15, 0.2) is 42.9 Å². The minimum absolute atomic E-state index is 0.0734. The Bertz CT molecular complexity index is 1120. The van der Waals surface area contributed by atoms with E-state index < -0.39 is 5.91 Å². The molecule has 2 aromatic heterocycles. The minimum atomic E-state index is -0.431. The molecule has 3 N–H and O–H groups in total. The first-order valence-electron chi connectivity index (χ1n) is 11.4. The van der Waals surface area contributed by atoms with Crippen molar-refractivity contribution >= 4 is 17.4 Å². The molecule has 178 valence electrons. The van der Waals surface area contributed by atoms with E-state index in [1.165, 1.54) is 0 Å². The fraction of sp³-hybridized carbons (Fsp3) is 0.360. The van der Waals surface area contributed by atoms with Crippen molar-refractivity contribution in [3.05, 3.63) is 59.7 Å². The number of aromatic nitrogens is 3. The first-order chi connectivity index (χ1) is 16.4. The molecule has 9 heteroatoms. The summed E-state index contributed by atoms with van der Waals surface area (Å²) in [4.78, 5) is 30.3. The zero-order valence-electron chi connectivity index (χ0n) is 19.9. The molecule has 4 rings (SSSR count). The number of benzene rings is 1. The number of nitrogens with one attached hydrogen (secondary N) is 1. The molecule has 1 aromatic carbocycles. The molecule has 0 unspecified atom stereocenters. The van der Waals surface area contributed by atoms with Crippen molar-refractivity contribution in [3.63, 3.8) is 0 Å². The highest BCUT2D eigenvalue weighted by molar-refractivity contribution is 6.05. The number of hydrogen-bond acceptors (Lipinski definition) is 8. The summed E-state index contributed by atoms with van der Waals surface area (Å²) in [7, 11) is 2.16. The molecule has 0 spiro atoms. The Morgan fingerprint density at radius 1 is 1.15 bits per heavy atom. The van der Waals surface area contributed by atoms with Crippen LogP contribution in [0, 0.1) is 13.8 Å². The van der Waals surface area contributed by atoms with Crippen LogP contribution in [0.2, 0.25) is 0 Å². The largest absolute Gasteiger partial charge is 0.492 e. The molecule has 1 amide bonds. The molecule has 3 heterocycles. The van der Waals surface area contributed by atoms with Crippen LogP contribution >= 0.6 is 0 Å². The van der Waals surface area contributed by atoms with Crippen molar-refractivity contribution in [2.24, 2.45) is 0 Å². The van der Waals surface area contributed by atoms with Crippen LogP contribution in [-0.4, -0.2) is 77.0 Å². The van der Waals surface area contributed by atoms with Gasteiger partial charge in [-0.05, 0) is 56.3 Å². The molecule has 34 heavy (non-hydrogen) atoms. The lowest BCUT2D eigenvalue weighted by molar-refractivity contribution is 0.102. The number of carbonyl (C=O) groups excluding carboxylic acids is 1. The summed E-state index contributed by atoms with van der Waals surface area (Å²) >= 11 is 0. The van der Waals surface area contributed by atoms with Gasteiger partial charge in [0.2, 0.25) is 0 Å². The fourth-order valence-electron chi connectivity index (χ4n) is 4.09. The standard InChI is InChI=1S/C25H31N7O2/c1-17-13-20(34-12-11-32-9-7-31(3)8-10-32)14-18(2)22(17)21-16-28-24(26)23(30-21)25(33)29-19-5-4-6-27-15-19/h4-6,13-16H,7-12H2,1-3H3,(H2,26,28)(H,29,33). The number of rotatable bonds is 7. The van der Waals surface area contributed by atoms with Gasteiger partial charge in [-0.3, -0.25) is 14.7 Å². The molecule has 0 bridgehead atoms. The lowest BCUT2D eigenvalue weighted by Gasteiger charge is -2.32. The zero-order valence-corrected chi connectivity index (χ0v) is 19.9. The summed E-state index contributed by atoms with van der Waals surface area (Å²) in [6.45, 7) is 9.89. The summed E-state index contributed by atoms with van der Waals surface area (Å²) < 4.78 is 6.05. The Balaban J connectivity index is 1.47. The van der Waals surface area contributed by atoms with Crippen molar-refractivity contribution in [1.82, 2.24) is 24.8 Å². The first kappa shape index (κ1) is 23.6. The first-order valence-corrected chi connectivity index (χ1v) is 11.4. The van der Waals surface area contributed by atoms with Crippen molar-refractivity contribution in [2.75, 3.05) is 57.4 Å². The molecular formula is C25H31N7O2. The smallest absolute Gasteiger partial charge is 0.278 e. The summed E-state index contributed by atoms with van der Waals surface area (Å²) in [6.07, 6.45) is 4.79. The number of piperazine rings is 1. The lowest BCUT2D eigenvalue weighted by atomic mass is 9.99. The van der Waals surface area contributed by atoms with E-state index >= 15 is 0 Å². The third-order valence-corrected chi connectivity index (χ3v) is 5.97. The number of anilines is 2. The number of carbonyl (C=O) groups is 1. The van der Waals surface area contributed by atoms with E-state index in [2.05, 4.69) is 37.1 Å². The van der Waals surface area contributed by atoms with Crippen molar-refractivity contribution in [2.45, 2.75) is 13.8 Å². The van der Waals surface area contributed by atoms with Gasteiger partial charge in [-0.15, -0.1) is 0 Å². The molecule has 1 saturated heterocycles. The van der Waals surface area contributed by atoms with Gasteiger partial charge in [0, 0.05) is 44.5 Å². The monoisotopic (exact) mass is 461 g/mol. The Morgan fingerprint density at radius 2 is 1.88 bits per heavy atom. The number of likely N-dealkylation sites (N-methyl/N-ethyl adjacent to an activating group) is 1. The van der Waals surface area contributed by atoms with Crippen molar-refractivity contribution in [1.29, 1.82) is 0 Å². The Hall–Kier alpha value is -3.56. The van der Waals surface area contributed by atoms with Crippen LogP contribution in [-0.2, 0) is 0 Å². The van der Waals surface area contributed by atoms with Crippen LogP contribution in [0.25, 0.3) is 11.3 Å². The van der Waals surface area contributed by atoms with Gasteiger partial charge >= 0.3 is 0 Å². The van der Waals surface area contributed by atoms with Crippen LogP contribution in [0.5, 0.6) is 5.75 Å². The highest BCUT2D eigenvalue weighted by atomic mass is 16.5. The number of amides is 1. The molecule has 0 atom stereocenters. The van der Waals surface area contributed by atoms with E-state index in [9.17, 15) is 4.79 Å². The van der Waals surface area contributed by atoms with Gasteiger partial charge in [0.1, 0.15) is 12.4 Å². The molecule has 0 saturated carbocycles. The van der Waals surface area contributed by atoms with Gasteiger partial charge in [0.15, 0.2) is 11.5 Å². The third kappa shape index (κ3) is 5.67. The Morgan fingerprint density at radius 3 is 2.56 bits per heavy atom. The summed E-state index contributed by atoms with van der Waals surface area (Å²) in [5.74, 6) is 0.467. The van der Waals surface area contributed by atoms with Gasteiger partial charge in [-0.2, -0.15) is 0 Å². The van der Waals surface area contributed by atoms with Crippen LogP contribution in [0.1, 0.15) is 21.6 Å². The predicted molar refractivity (Wildman–Crippen MR) is 133 cm³/mol. The van der Waals surface area contributed by atoms with Gasteiger partial charge in [-0.1, -0.05) is 0 Å². The summed E-state index contributed by atoms with van der Waals surface area (Å²) in [5.41, 5.74) is 10.1. The van der Waals surface area contributed by atoms with Crippen molar-refractivity contribution < 1.29 is 9.53 Å². The molecule has 0 aliphatic carbocycles. The second-order valence-electron chi connectivity index (χ2n) is 8.61. The maximum Gasteiger partial charge on any atom is 0.278 e. The van der Waals surface area contributed by atoms with E-state index in [0.29, 0.717) is 18.0 Å². The van der Waals surface area contributed by atoms with E-state index in [-0.39, 0.29) is 11.5 Å². The number of aryl methyl sites for hydroxylation is 2. The van der Waals surface area contributed by atoms with Crippen LogP contribution in [0.3, 0.4) is 0 Å². The molecular weight excluding hydrogens is 430 g/mol. The molecule has 1 aliphatic rings. The normalized spacial score (nSPS) is 14.7. The molecule has 1 fully saturated rings. The van der Waals surface area contributed by atoms with Gasteiger partial charge in [-0.25, -0.2) is 9.97 Å². The van der Waals surface area contributed by atoms with Gasteiger partial charge in [0.25, 0.3) is 5.91 Å². The van der Waals surface area contributed by atoms with E-state index in [1.54, 1.807) is 30.7 Å². The number of ether oxygens (including phenoxy) is 1. The molecule has 3 aromatic rings. The van der Waals surface area contributed by atoms with Crippen LogP contribution < -0.4 is 15.8 Å². The topological polar surface area (TPSA) is 110 Å². The van der Waals surface area contributed by atoms with Gasteiger partial charge < -0.3 is 20.7 Å². The zero-order chi connectivity index (χ0) is 24.1. The molecule has 9 nitrogen and oxygen atoms in total. The predicted octanol–water partition coefficient (Wildman–Crippen LogP) is 2.62. The minimum Gasteiger partial charge on any atom is -0.492 e. The average molecular weight is 462 g/mol. The highest BCUT2D eigenvalue weighted by Gasteiger charge is 2.18. The number of nitrogens with two attached hydrogens (primary N) is 1. The average Bonchev–Trinajstić information content (AvgIpc) is 2.81. The number of nitrogen functional groups attached to an aromatic ring is 1. The summed E-state index contributed by atoms with van der Waals surface area (Å²) in [5, 5.41) is 2.76. The fourth-order valence-corrected chi connectivity index (χ4v) is 4.09. The number of pyridine rings is 1. The number of hydrogen-bond donors (Lipinski definition) is 2. The Kier molecular flexibility index (Phi) is 7.34. The highest BCUT2D eigenvalue weighted by Crippen LogP contribution is 2.30. The molecule has 1 aliphatic heterocycles. The summed E-state index contributed by atoms with van der Waals surface area (Å²) in [6, 6.07) is 7.48. The Labute approximate surface area is 200 Å². The maximum atomic E-state index is 12.8. The van der Waals surface area contributed by atoms with E-state index in [4.69, 9.17) is 10.5 Å². The second-order valence-corrected chi connectivity index (χ2v) is 8.61. The third-order valence-electron chi connectivity index (χ3n) is 5.97. The maximum absolute atomic E-state index is 12.8. The lowest BCUT2D eigenvalue weighted by Crippen LogP contribution is -2.45. The van der Waals surface area contributed by atoms with Crippen LogP contribution in [0.4, 0.5) is 11.5 Å². The second kappa shape index (κ2) is 10.6. The van der Waals surface area contributed by atoms with E-state index in [0.717, 1.165) is 55.2 Å². The van der Waals surface area contributed by atoms with Crippen molar-refractivity contribution in [3.8, 4) is 17.0 Å². The SMILES string of the molecule is Cc1cc(OCCN2CCN(C)CC2)cc(C)c1-c1cnc(N)c(C(=O)Nc2cccnc2)n1. The number of nitrogens with zero attached hydrogens (tertiary/aromatic N) is 5. The quantitative estimate of drug-likeness (QED) is 0.553. The molecule has 0 radical (unpaired) electrons. The van der Waals surface area contributed by atoms with Gasteiger partial charge in [0.05, 0.1) is 23.8 Å². The van der Waals surface area contributed by atoms with E-state index in [1.807, 2.05) is 26.0 Å².